The molecule has 0 aliphatic heterocycles. The summed E-state index contributed by atoms with van der Waals surface area (Å²) >= 11 is 12.7. The van der Waals surface area contributed by atoms with E-state index in [1.54, 1.807) is 19.9 Å². The molecule has 228 valence electrons. The van der Waals surface area contributed by atoms with E-state index in [9.17, 15) is 25.4 Å². The lowest BCUT2D eigenvalue weighted by Gasteiger charge is -2.37. The van der Waals surface area contributed by atoms with Gasteiger partial charge >= 0.3 is 0 Å². The molecule has 0 radical (unpaired) electrons. The summed E-state index contributed by atoms with van der Waals surface area (Å²) in [6.45, 7) is 7.23. The second-order valence-electron chi connectivity index (χ2n) is 9.82. The molecule has 2 aliphatic carbocycles. The van der Waals surface area contributed by atoms with Crippen molar-refractivity contribution in [3.05, 3.63) is 46.3 Å². The number of aliphatic hydroxyl groups is 5. The zero-order valence-corrected chi connectivity index (χ0v) is 27.4. The Bertz CT molecular complexity index is 1260. The molecule has 0 heterocycles. The van der Waals surface area contributed by atoms with E-state index in [-0.39, 0.29) is 45.7 Å². The highest BCUT2D eigenvalue weighted by Crippen LogP contribution is 2.45. The van der Waals surface area contributed by atoms with Gasteiger partial charge in [-0.2, -0.15) is 48.4 Å². The van der Waals surface area contributed by atoms with Gasteiger partial charge in [0, 0.05) is 23.0 Å². The largest absolute Gasteiger partial charge is 0.507 e. The zero-order valence-electron chi connectivity index (χ0n) is 23.9. The maximum absolute atomic E-state index is 11.2. The lowest BCUT2D eigenvalue weighted by molar-refractivity contribution is -0.111. The number of hydrogen-bond donors (Lipinski definition) is 8. The molecule has 0 amide bonds. The molecule has 5 unspecified atom stereocenters. The minimum Gasteiger partial charge on any atom is -0.507 e. The van der Waals surface area contributed by atoms with Gasteiger partial charge in [0.05, 0.1) is 57.7 Å². The molecule has 0 aromatic carbocycles. The molecule has 0 aromatic rings. The number of rotatable bonds is 8. The van der Waals surface area contributed by atoms with Crippen molar-refractivity contribution < 1.29 is 30.3 Å². The second-order valence-corrected chi connectivity index (χ2v) is 12.1. The van der Waals surface area contributed by atoms with Crippen molar-refractivity contribution in [1.82, 2.24) is 0 Å². The van der Waals surface area contributed by atoms with Crippen LogP contribution in [-0.2, 0) is 4.79 Å². The number of allylic oxidation sites excluding steroid dienone is 6. The first-order valence-corrected chi connectivity index (χ1v) is 15.5. The Labute approximate surface area is 269 Å². The Balaban J connectivity index is 0.000000678. The number of nitrogens with zero attached hydrogens (tertiary/aromatic N) is 2. The van der Waals surface area contributed by atoms with Gasteiger partial charge in [-0.1, -0.05) is 17.4 Å². The Kier molecular flexibility index (Phi) is 17.5. The number of aliphatic hydroxyl groups excluding tert-OH is 5. The van der Waals surface area contributed by atoms with Crippen molar-refractivity contribution in [3.63, 3.8) is 0 Å². The molecule has 0 saturated carbocycles. The van der Waals surface area contributed by atoms with Crippen LogP contribution in [0.25, 0.3) is 0 Å². The highest BCUT2D eigenvalue weighted by molar-refractivity contribution is 8.00. The molecular formula is C30H38N2O6S4. The fraction of sp³-hybridized carbons (Fsp3) is 0.500. The van der Waals surface area contributed by atoms with Crippen LogP contribution >= 0.6 is 49.6 Å². The summed E-state index contributed by atoms with van der Waals surface area (Å²) in [6, 6.07) is 3.83. The van der Waals surface area contributed by atoms with Gasteiger partial charge in [0.15, 0.2) is 5.78 Å². The molecule has 8 nitrogen and oxygen atoms in total. The van der Waals surface area contributed by atoms with Gasteiger partial charge in [-0.3, -0.25) is 4.79 Å². The Morgan fingerprint density at radius 3 is 1.81 bits per heavy atom. The third-order valence-corrected chi connectivity index (χ3v) is 9.52. The van der Waals surface area contributed by atoms with Crippen molar-refractivity contribution >= 4 is 55.4 Å². The van der Waals surface area contributed by atoms with Crippen LogP contribution in [0.15, 0.2) is 46.3 Å². The van der Waals surface area contributed by atoms with Crippen molar-refractivity contribution in [2.45, 2.75) is 57.4 Å². The van der Waals surface area contributed by atoms with Gasteiger partial charge in [-0.05, 0) is 51.5 Å². The van der Waals surface area contributed by atoms with Crippen LogP contribution in [0.1, 0.15) is 27.7 Å². The number of ketones is 1. The molecular weight excluding hydrogens is 613 g/mol. The molecule has 42 heavy (non-hydrogen) atoms. The van der Waals surface area contributed by atoms with E-state index in [1.807, 2.05) is 26.0 Å². The minimum absolute atomic E-state index is 0.0931. The predicted octanol–water partition coefficient (Wildman–Crippen LogP) is 2.85. The van der Waals surface area contributed by atoms with E-state index in [1.165, 1.54) is 23.9 Å². The predicted molar refractivity (Wildman–Crippen MR) is 177 cm³/mol. The van der Waals surface area contributed by atoms with Crippen molar-refractivity contribution in [3.8, 4) is 36.8 Å². The summed E-state index contributed by atoms with van der Waals surface area (Å²) in [4.78, 5) is 11.2. The van der Waals surface area contributed by atoms with Crippen molar-refractivity contribution in [1.29, 1.82) is 10.5 Å². The molecule has 2 aliphatic rings. The summed E-state index contributed by atoms with van der Waals surface area (Å²) in [5, 5.41) is 64.3. The summed E-state index contributed by atoms with van der Waals surface area (Å²) in [5.41, 5.74) is 0.596. The van der Waals surface area contributed by atoms with Gasteiger partial charge in [-0.15, -0.1) is 24.6 Å². The monoisotopic (exact) mass is 650 g/mol. The number of hydrogen-bond acceptors (Lipinski definition) is 12. The topological polar surface area (TPSA) is 166 Å². The molecule has 5 N–H and O–H groups in total. The number of carbonyl (C=O) groups is 1. The van der Waals surface area contributed by atoms with Crippen molar-refractivity contribution in [2.75, 3.05) is 23.0 Å². The number of carbonyl (C=O) groups excluding carboxylic acids is 1. The minimum atomic E-state index is -0.970. The van der Waals surface area contributed by atoms with E-state index in [0.29, 0.717) is 0 Å². The van der Waals surface area contributed by atoms with Gasteiger partial charge in [0.25, 0.3) is 0 Å². The van der Waals surface area contributed by atoms with Gasteiger partial charge in [0.1, 0.15) is 11.8 Å². The van der Waals surface area contributed by atoms with Gasteiger partial charge in [0.2, 0.25) is 0 Å². The smallest absolute Gasteiger partial charge is 0.196 e. The molecule has 0 bridgehead atoms. The maximum Gasteiger partial charge on any atom is 0.196 e. The summed E-state index contributed by atoms with van der Waals surface area (Å²) in [7, 11) is 0. The van der Waals surface area contributed by atoms with Crippen LogP contribution in [0.2, 0.25) is 0 Å². The quantitative estimate of drug-likeness (QED) is 0.146. The molecule has 0 saturated heterocycles. The van der Waals surface area contributed by atoms with Crippen LogP contribution in [0.3, 0.4) is 0 Å². The molecule has 0 spiro atoms. The summed E-state index contributed by atoms with van der Waals surface area (Å²) in [6.07, 6.45) is 12.1. The number of nitriles is 2. The maximum atomic E-state index is 11.2. The lowest BCUT2D eigenvalue weighted by atomic mass is 9.74. The van der Waals surface area contributed by atoms with E-state index >= 15 is 0 Å². The fourth-order valence-corrected chi connectivity index (χ4v) is 5.70. The first-order valence-electron chi connectivity index (χ1n) is 12.6. The van der Waals surface area contributed by atoms with Gasteiger partial charge < -0.3 is 25.5 Å². The SMILES string of the molecule is C#C[C@@]1(C)C(C)=CC(O)=C(C#N)C1SCC(O)C(O)CS.C#C[C@]1(C)C=C(C#N)C(=O)C=C1C.OC(CS)C(O)CS. The molecule has 0 aromatic heterocycles. The van der Waals surface area contributed by atoms with E-state index in [2.05, 4.69) is 49.7 Å². The molecule has 0 fully saturated rings. The highest BCUT2D eigenvalue weighted by atomic mass is 32.2. The van der Waals surface area contributed by atoms with Crippen LogP contribution in [0.4, 0.5) is 0 Å². The third-order valence-electron chi connectivity index (χ3n) is 6.82. The Morgan fingerprint density at radius 2 is 1.40 bits per heavy atom. The number of thioether (sulfide) groups is 1. The van der Waals surface area contributed by atoms with Crippen LogP contribution in [0.5, 0.6) is 0 Å². The normalized spacial score (nSPS) is 25.9. The van der Waals surface area contributed by atoms with E-state index < -0.39 is 40.5 Å². The van der Waals surface area contributed by atoms with Crippen LogP contribution in [-0.4, -0.2) is 84.0 Å². The lowest BCUT2D eigenvalue weighted by Crippen LogP contribution is -2.37. The summed E-state index contributed by atoms with van der Waals surface area (Å²) < 4.78 is 0. The first-order chi connectivity index (χ1) is 19.6. The van der Waals surface area contributed by atoms with E-state index in [0.717, 1.165) is 11.1 Å². The number of thiol groups is 3. The third kappa shape index (κ3) is 10.5. The summed E-state index contributed by atoms with van der Waals surface area (Å²) in [5.74, 6) is 5.80. The standard InChI is InChI=1S/C15H19NO3S2.C11H9NO.C4H10O2S2/c1-4-15(3)9(2)5-11(17)10(6-16)14(15)21-8-13(19)12(18)7-20;1-4-11(3)6-9(7-12)10(13)5-8(11)2;5-3(1-7)4(6)2-8/h1,5,12-14,17-20H,7-8H2,2-3H3;1,5-6H,2-3H3;3-8H,1-2H2/t12?,13?,14?,15-;11-;/m01./s1. The van der Waals surface area contributed by atoms with Crippen LogP contribution in [0, 0.1) is 58.2 Å². The molecule has 2 rings (SSSR count). The fourth-order valence-electron chi connectivity index (χ4n) is 3.43. The first kappa shape index (κ1) is 39.8. The molecule has 7 atom stereocenters. The average Bonchev–Trinajstić information content (AvgIpc) is 2.99. The zero-order chi connectivity index (χ0) is 32.8. The molecule has 12 heteroatoms. The highest BCUT2D eigenvalue weighted by Gasteiger charge is 2.42. The van der Waals surface area contributed by atoms with Gasteiger partial charge in [-0.25, -0.2) is 0 Å². The second kappa shape index (κ2) is 18.4. The van der Waals surface area contributed by atoms with Crippen molar-refractivity contribution in [2.24, 2.45) is 10.8 Å². The number of terminal acetylenes is 2. The average molecular weight is 651 g/mol. The Hall–Kier alpha value is -2.23. The van der Waals surface area contributed by atoms with E-state index in [4.69, 9.17) is 28.3 Å². The Morgan fingerprint density at radius 1 is 0.905 bits per heavy atom. The van der Waals surface area contributed by atoms with Crippen LogP contribution < -0.4 is 0 Å².